The van der Waals surface area contributed by atoms with Crippen LogP contribution < -0.4 is 5.73 Å². The van der Waals surface area contributed by atoms with Crippen molar-refractivity contribution in [2.45, 2.75) is 25.8 Å². The standard InChI is InChI=1S/C14H16BrNS/c1-2-10-3-5-11(6-4-10)7-13(16)12-8-14(15)17-9-12/h3-6,8-9,13H,2,7,16H2,1H3. The monoisotopic (exact) mass is 309 g/mol. The third-order valence-electron chi connectivity index (χ3n) is 2.90. The van der Waals surface area contributed by atoms with Crippen LogP contribution in [0.3, 0.4) is 0 Å². The maximum absolute atomic E-state index is 6.20. The Morgan fingerprint density at radius 2 is 1.88 bits per heavy atom. The lowest BCUT2D eigenvalue weighted by atomic mass is 10.0. The topological polar surface area (TPSA) is 26.0 Å². The van der Waals surface area contributed by atoms with Crippen molar-refractivity contribution in [3.05, 3.63) is 56.2 Å². The van der Waals surface area contributed by atoms with E-state index in [2.05, 4.69) is 58.6 Å². The second kappa shape index (κ2) is 5.80. The smallest absolute Gasteiger partial charge is 0.0701 e. The highest BCUT2D eigenvalue weighted by atomic mass is 79.9. The molecule has 2 N–H and O–H groups in total. The van der Waals surface area contributed by atoms with Gasteiger partial charge in [-0.15, -0.1) is 11.3 Å². The van der Waals surface area contributed by atoms with Gasteiger partial charge in [0.1, 0.15) is 0 Å². The lowest BCUT2D eigenvalue weighted by molar-refractivity contribution is 0.724. The van der Waals surface area contributed by atoms with Gasteiger partial charge in [-0.05, 0) is 56.9 Å². The molecule has 1 aromatic carbocycles. The Hall–Kier alpha value is -0.640. The number of hydrogen-bond acceptors (Lipinski definition) is 2. The molecular weight excluding hydrogens is 294 g/mol. The fourth-order valence-electron chi connectivity index (χ4n) is 1.80. The molecule has 0 aliphatic heterocycles. The lowest BCUT2D eigenvalue weighted by Gasteiger charge is -2.10. The van der Waals surface area contributed by atoms with Crippen molar-refractivity contribution in [3.8, 4) is 0 Å². The number of thiophene rings is 1. The normalized spacial score (nSPS) is 12.6. The van der Waals surface area contributed by atoms with Crippen molar-refractivity contribution in [2.24, 2.45) is 5.73 Å². The first-order chi connectivity index (χ1) is 8.19. The number of halogens is 1. The van der Waals surface area contributed by atoms with Crippen LogP contribution in [0.2, 0.25) is 0 Å². The molecule has 1 nitrogen and oxygen atoms in total. The molecule has 1 aromatic heterocycles. The minimum Gasteiger partial charge on any atom is -0.324 e. The SMILES string of the molecule is CCc1ccc(CC(N)c2csc(Br)c2)cc1. The summed E-state index contributed by atoms with van der Waals surface area (Å²) in [6, 6.07) is 10.9. The van der Waals surface area contributed by atoms with Crippen molar-refractivity contribution in [3.63, 3.8) is 0 Å². The van der Waals surface area contributed by atoms with Crippen LogP contribution in [0.4, 0.5) is 0 Å². The predicted molar refractivity (Wildman–Crippen MR) is 78.5 cm³/mol. The average molecular weight is 310 g/mol. The van der Waals surface area contributed by atoms with Crippen LogP contribution in [-0.2, 0) is 12.8 Å². The first-order valence-electron chi connectivity index (χ1n) is 5.76. The Morgan fingerprint density at radius 3 is 2.41 bits per heavy atom. The first-order valence-corrected chi connectivity index (χ1v) is 7.43. The zero-order chi connectivity index (χ0) is 12.3. The number of rotatable bonds is 4. The maximum atomic E-state index is 6.20. The molecule has 0 radical (unpaired) electrons. The van der Waals surface area contributed by atoms with E-state index in [4.69, 9.17) is 5.73 Å². The van der Waals surface area contributed by atoms with Crippen molar-refractivity contribution in [1.29, 1.82) is 0 Å². The van der Waals surface area contributed by atoms with E-state index < -0.39 is 0 Å². The Labute approximate surface area is 115 Å². The summed E-state index contributed by atoms with van der Waals surface area (Å²) >= 11 is 5.15. The van der Waals surface area contributed by atoms with E-state index in [1.54, 1.807) is 11.3 Å². The predicted octanol–water partition coefficient (Wildman–Crippen LogP) is 4.32. The molecule has 0 spiro atoms. The van der Waals surface area contributed by atoms with Gasteiger partial charge in [0.25, 0.3) is 0 Å². The molecule has 1 atom stereocenters. The highest BCUT2D eigenvalue weighted by Gasteiger charge is 2.08. The number of aryl methyl sites for hydroxylation is 1. The van der Waals surface area contributed by atoms with Crippen LogP contribution >= 0.6 is 27.3 Å². The summed E-state index contributed by atoms with van der Waals surface area (Å²) in [6.07, 6.45) is 1.98. The average Bonchev–Trinajstić information content (AvgIpc) is 2.77. The summed E-state index contributed by atoms with van der Waals surface area (Å²) in [6.45, 7) is 2.17. The molecule has 1 unspecified atom stereocenters. The van der Waals surface area contributed by atoms with Gasteiger partial charge in [-0.1, -0.05) is 31.2 Å². The minimum absolute atomic E-state index is 0.0880. The molecule has 17 heavy (non-hydrogen) atoms. The fourth-order valence-corrected chi connectivity index (χ4v) is 3.04. The molecule has 2 aromatic rings. The van der Waals surface area contributed by atoms with E-state index in [-0.39, 0.29) is 6.04 Å². The van der Waals surface area contributed by atoms with Crippen molar-refractivity contribution in [2.75, 3.05) is 0 Å². The largest absolute Gasteiger partial charge is 0.324 e. The van der Waals surface area contributed by atoms with E-state index in [0.717, 1.165) is 16.6 Å². The lowest BCUT2D eigenvalue weighted by Crippen LogP contribution is -2.12. The summed E-state index contributed by atoms with van der Waals surface area (Å²) in [4.78, 5) is 0. The second-order valence-electron chi connectivity index (χ2n) is 4.16. The van der Waals surface area contributed by atoms with E-state index in [0.29, 0.717) is 0 Å². The quantitative estimate of drug-likeness (QED) is 0.894. The van der Waals surface area contributed by atoms with Gasteiger partial charge in [0.05, 0.1) is 3.79 Å². The van der Waals surface area contributed by atoms with E-state index in [1.165, 1.54) is 16.7 Å². The highest BCUT2D eigenvalue weighted by molar-refractivity contribution is 9.11. The van der Waals surface area contributed by atoms with Crippen LogP contribution in [-0.4, -0.2) is 0 Å². The molecule has 0 amide bonds. The van der Waals surface area contributed by atoms with Crippen molar-refractivity contribution >= 4 is 27.3 Å². The zero-order valence-electron chi connectivity index (χ0n) is 9.82. The molecule has 2 rings (SSSR count). The highest BCUT2D eigenvalue weighted by Crippen LogP contribution is 2.26. The van der Waals surface area contributed by atoms with E-state index in [9.17, 15) is 0 Å². The van der Waals surface area contributed by atoms with Crippen LogP contribution in [0.25, 0.3) is 0 Å². The van der Waals surface area contributed by atoms with E-state index >= 15 is 0 Å². The molecule has 1 heterocycles. The second-order valence-corrected chi connectivity index (χ2v) is 6.46. The van der Waals surface area contributed by atoms with Crippen LogP contribution in [0.1, 0.15) is 29.7 Å². The van der Waals surface area contributed by atoms with Gasteiger partial charge in [0.15, 0.2) is 0 Å². The molecule has 90 valence electrons. The summed E-state index contributed by atoms with van der Waals surface area (Å²) < 4.78 is 1.14. The molecular formula is C14H16BrNS. The Morgan fingerprint density at radius 1 is 1.24 bits per heavy atom. The summed E-state index contributed by atoms with van der Waals surface area (Å²) in [5.41, 5.74) is 10.1. The van der Waals surface area contributed by atoms with Crippen molar-refractivity contribution in [1.82, 2.24) is 0 Å². The molecule has 3 heteroatoms. The van der Waals surface area contributed by atoms with Gasteiger partial charge in [-0.25, -0.2) is 0 Å². The summed E-state index contributed by atoms with van der Waals surface area (Å²) in [5.74, 6) is 0. The third kappa shape index (κ3) is 3.41. The molecule has 0 fully saturated rings. The van der Waals surface area contributed by atoms with Crippen LogP contribution in [0.15, 0.2) is 39.5 Å². The zero-order valence-corrected chi connectivity index (χ0v) is 12.2. The van der Waals surface area contributed by atoms with Gasteiger partial charge < -0.3 is 5.73 Å². The van der Waals surface area contributed by atoms with Gasteiger partial charge >= 0.3 is 0 Å². The van der Waals surface area contributed by atoms with Crippen LogP contribution in [0, 0.1) is 0 Å². The fraction of sp³-hybridized carbons (Fsp3) is 0.286. The Bertz CT molecular complexity index is 475. The van der Waals surface area contributed by atoms with Gasteiger partial charge in [-0.3, -0.25) is 0 Å². The number of benzene rings is 1. The molecule has 0 saturated carbocycles. The number of hydrogen-bond donors (Lipinski definition) is 1. The molecule has 0 saturated heterocycles. The van der Waals surface area contributed by atoms with Gasteiger partial charge in [-0.2, -0.15) is 0 Å². The maximum Gasteiger partial charge on any atom is 0.0701 e. The summed E-state index contributed by atoms with van der Waals surface area (Å²) in [5, 5.41) is 2.12. The number of nitrogens with two attached hydrogens (primary N) is 1. The molecule has 0 bridgehead atoms. The Kier molecular flexibility index (Phi) is 4.37. The molecule has 0 aliphatic carbocycles. The third-order valence-corrected chi connectivity index (χ3v) is 4.43. The van der Waals surface area contributed by atoms with E-state index in [1.807, 2.05) is 0 Å². The van der Waals surface area contributed by atoms with Gasteiger partial charge in [0, 0.05) is 6.04 Å². The first kappa shape index (κ1) is 12.8. The summed E-state index contributed by atoms with van der Waals surface area (Å²) in [7, 11) is 0. The minimum atomic E-state index is 0.0880. The van der Waals surface area contributed by atoms with Gasteiger partial charge in [0.2, 0.25) is 0 Å². The van der Waals surface area contributed by atoms with Crippen LogP contribution in [0.5, 0.6) is 0 Å². The van der Waals surface area contributed by atoms with Crippen molar-refractivity contribution < 1.29 is 0 Å². The Balaban J connectivity index is 2.04. The molecule has 0 aliphatic rings.